The van der Waals surface area contributed by atoms with E-state index in [0.29, 0.717) is 30.1 Å². The number of likely N-dealkylation sites (tertiary alicyclic amines) is 1. The van der Waals surface area contributed by atoms with E-state index < -0.39 is 0 Å². The van der Waals surface area contributed by atoms with Gasteiger partial charge >= 0.3 is 0 Å². The molecule has 0 amide bonds. The van der Waals surface area contributed by atoms with Crippen LogP contribution < -0.4 is 10.1 Å². The van der Waals surface area contributed by atoms with Gasteiger partial charge in [-0.05, 0) is 36.6 Å². The van der Waals surface area contributed by atoms with E-state index >= 15 is 0 Å². The molecule has 2 atom stereocenters. The SMILES string of the molecule is CN=C(NCCOc1ccc(Cl)cc1)N1CCC(C)C(n2ccnc2)C1.I. The maximum absolute atomic E-state index is 5.88. The number of guanidine groups is 1. The van der Waals surface area contributed by atoms with Gasteiger partial charge in [-0.1, -0.05) is 18.5 Å². The number of aromatic nitrogens is 2. The van der Waals surface area contributed by atoms with Crippen LogP contribution in [0.15, 0.2) is 48.0 Å². The summed E-state index contributed by atoms with van der Waals surface area (Å²) in [6.45, 7) is 5.49. The molecule has 8 heteroatoms. The summed E-state index contributed by atoms with van der Waals surface area (Å²) in [5, 5.41) is 4.11. The van der Waals surface area contributed by atoms with E-state index in [1.165, 1.54) is 0 Å². The number of aliphatic imine (C=N–C) groups is 1. The number of ether oxygens (including phenoxy) is 1. The third-order valence-electron chi connectivity index (χ3n) is 4.81. The van der Waals surface area contributed by atoms with Gasteiger partial charge in [0.1, 0.15) is 12.4 Å². The zero-order valence-electron chi connectivity index (χ0n) is 15.7. The smallest absolute Gasteiger partial charge is 0.193 e. The van der Waals surface area contributed by atoms with Crippen LogP contribution in [0.1, 0.15) is 19.4 Å². The zero-order valence-corrected chi connectivity index (χ0v) is 18.8. The van der Waals surface area contributed by atoms with E-state index in [1.54, 1.807) is 0 Å². The molecule has 1 fully saturated rings. The Labute approximate surface area is 183 Å². The summed E-state index contributed by atoms with van der Waals surface area (Å²) in [7, 11) is 1.83. The number of hydrogen-bond acceptors (Lipinski definition) is 3. The van der Waals surface area contributed by atoms with Crippen molar-refractivity contribution in [3.63, 3.8) is 0 Å². The Kier molecular flexibility index (Phi) is 8.69. The molecule has 1 saturated heterocycles. The van der Waals surface area contributed by atoms with Crippen molar-refractivity contribution < 1.29 is 4.74 Å². The molecule has 1 aromatic carbocycles. The number of hydrogen-bond donors (Lipinski definition) is 1. The number of nitrogens with one attached hydrogen (secondary N) is 1. The number of nitrogens with zero attached hydrogens (tertiary/aromatic N) is 4. The summed E-state index contributed by atoms with van der Waals surface area (Å²) >= 11 is 5.88. The molecule has 0 radical (unpaired) electrons. The van der Waals surface area contributed by atoms with Crippen LogP contribution in [0.25, 0.3) is 0 Å². The minimum Gasteiger partial charge on any atom is -0.492 e. The molecular formula is C19H27ClIN5O. The Balaban J connectivity index is 0.00000261. The van der Waals surface area contributed by atoms with Crippen molar-refractivity contribution >= 4 is 41.5 Å². The number of piperidine rings is 1. The fourth-order valence-corrected chi connectivity index (χ4v) is 3.42. The van der Waals surface area contributed by atoms with E-state index in [0.717, 1.165) is 31.2 Å². The molecule has 6 nitrogen and oxygen atoms in total. The molecule has 2 aromatic rings. The first-order chi connectivity index (χ1) is 12.7. The molecule has 1 aliphatic heterocycles. The van der Waals surface area contributed by atoms with Crippen LogP contribution in [-0.4, -0.2) is 53.7 Å². The number of benzene rings is 1. The maximum atomic E-state index is 5.88. The quantitative estimate of drug-likeness (QED) is 0.293. The van der Waals surface area contributed by atoms with E-state index in [1.807, 2.05) is 50.0 Å². The van der Waals surface area contributed by atoms with Crippen molar-refractivity contribution in [3.05, 3.63) is 48.0 Å². The van der Waals surface area contributed by atoms with Crippen molar-refractivity contribution in [1.82, 2.24) is 19.8 Å². The lowest BCUT2D eigenvalue weighted by atomic mass is 9.93. The normalized spacial score (nSPS) is 20.1. The molecule has 1 aliphatic rings. The van der Waals surface area contributed by atoms with Crippen molar-refractivity contribution in [2.45, 2.75) is 19.4 Å². The van der Waals surface area contributed by atoms with Gasteiger partial charge < -0.3 is 19.5 Å². The second-order valence-electron chi connectivity index (χ2n) is 6.57. The van der Waals surface area contributed by atoms with Gasteiger partial charge in [0, 0.05) is 37.6 Å². The van der Waals surface area contributed by atoms with Gasteiger partial charge in [-0.15, -0.1) is 24.0 Å². The van der Waals surface area contributed by atoms with Crippen molar-refractivity contribution in [1.29, 1.82) is 0 Å². The van der Waals surface area contributed by atoms with Crippen LogP contribution in [0, 0.1) is 5.92 Å². The van der Waals surface area contributed by atoms with Gasteiger partial charge in [0.2, 0.25) is 0 Å². The topological polar surface area (TPSA) is 54.7 Å². The minimum absolute atomic E-state index is 0. The average Bonchev–Trinajstić information content (AvgIpc) is 3.18. The summed E-state index contributed by atoms with van der Waals surface area (Å²) in [5.41, 5.74) is 0. The predicted octanol–water partition coefficient (Wildman–Crippen LogP) is 3.69. The van der Waals surface area contributed by atoms with E-state index in [2.05, 4.69) is 31.7 Å². The van der Waals surface area contributed by atoms with Gasteiger partial charge in [-0.3, -0.25) is 4.99 Å². The Morgan fingerprint density at radius 1 is 1.37 bits per heavy atom. The Hall–Kier alpha value is -1.48. The fourth-order valence-electron chi connectivity index (χ4n) is 3.29. The van der Waals surface area contributed by atoms with Gasteiger partial charge in [-0.25, -0.2) is 4.98 Å². The van der Waals surface area contributed by atoms with Crippen molar-refractivity contribution in [2.75, 3.05) is 33.3 Å². The maximum Gasteiger partial charge on any atom is 0.193 e. The number of imidazole rings is 1. The van der Waals surface area contributed by atoms with Crippen LogP contribution in [0.3, 0.4) is 0 Å². The lowest BCUT2D eigenvalue weighted by Gasteiger charge is -2.39. The summed E-state index contributed by atoms with van der Waals surface area (Å²) in [6, 6.07) is 7.82. The van der Waals surface area contributed by atoms with Crippen LogP contribution in [0.2, 0.25) is 5.02 Å². The highest BCUT2D eigenvalue weighted by Gasteiger charge is 2.28. The van der Waals surface area contributed by atoms with Crippen LogP contribution in [-0.2, 0) is 0 Å². The Morgan fingerprint density at radius 2 is 2.15 bits per heavy atom. The Morgan fingerprint density at radius 3 is 2.81 bits per heavy atom. The Bertz CT molecular complexity index is 707. The molecule has 0 spiro atoms. The lowest BCUT2D eigenvalue weighted by molar-refractivity contribution is 0.188. The fraction of sp³-hybridized carbons (Fsp3) is 0.474. The zero-order chi connectivity index (χ0) is 18.4. The second-order valence-corrected chi connectivity index (χ2v) is 7.00. The summed E-state index contributed by atoms with van der Waals surface area (Å²) in [6.07, 6.45) is 6.92. The molecule has 1 N–H and O–H groups in total. The molecule has 1 aromatic heterocycles. The summed E-state index contributed by atoms with van der Waals surface area (Å²) in [4.78, 5) is 10.9. The number of rotatable bonds is 5. The number of halogens is 2. The minimum atomic E-state index is 0. The predicted molar refractivity (Wildman–Crippen MR) is 120 cm³/mol. The molecule has 2 heterocycles. The molecule has 0 bridgehead atoms. The third-order valence-corrected chi connectivity index (χ3v) is 5.06. The average molecular weight is 504 g/mol. The molecular weight excluding hydrogens is 477 g/mol. The lowest BCUT2D eigenvalue weighted by Crippen LogP contribution is -2.49. The van der Waals surface area contributed by atoms with Gasteiger partial charge in [0.05, 0.1) is 18.9 Å². The van der Waals surface area contributed by atoms with Crippen molar-refractivity contribution in [2.24, 2.45) is 10.9 Å². The summed E-state index contributed by atoms with van der Waals surface area (Å²) < 4.78 is 7.94. The highest BCUT2D eigenvalue weighted by atomic mass is 127. The molecule has 3 rings (SSSR count). The van der Waals surface area contributed by atoms with Crippen LogP contribution >= 0.6 is 35.6 Å². The summed E-state index contributed by atoms with van der Waals surface area (Å²) in [5.74, 6) is 2.35. The standard InChI is InChI=1S/C19H26ClN5O.HI/c1-15-7-10-24(13-18(15)25-11-8-22-14-25)19(21-2)23-9-12-26-17-5-3-16(20)4-6-17;/h3-6,8,11,14-15,18H,7,9-10,12-13H2,1-2H3,(H,21,23);1H. The highest BCUT2D eigenvalue weighted by Crippen LogP contribution is 2.27. The van der Waals surface area contributed by atoms with Crippen LogP contribution in [0.4, 0.5) is 0 Å². The molecule has 0 aliphatic carbocycles. The molecule has 0 saturated carbocycles. The van der Waals surface area contributed by atoms with Gasteiger partial charge in [0.25, 0.3) is 0 Å². The first-order valence-electron chi connectivity index (χ1n) is 8.99. The largest absolute Gasteiger partial charge is 0.492 e. The highest BCUT2D eigenvalue weighted by molar-refractivity contribution is 14.0. The van der Waals surface area contributed by atoms with E-state index in [-0.39, 0.29) is 24.0 Å². The first-order valence-corrected chi connectivity index (χ1v) is 9.36. The molecule has 148 valence electrons. The van der Waals surface area contributed by atoms with Gasteiger partial charge in [0.15, 0.2) is 5.96 Å². The second kappa shape index (κ2) is 10.8. The van der Waals surface area contributed by atoms with E-state index in [9.17, 15) is 0 Å². The van der Waals surface area contributed by atoms with E-state index in [4.69, 9.17) is 16.3 Å². The third kappa shape index (κ3) is 6.00. The molecule has 27 heavy (non-hydrogen) atoms. The van der Waals surface area contributed by atoms with Crippen LogP contribution in [0.5, 0.6) is 5.75 Å². The van der Waals surface area contributed by atoms with Gasteiger partial charge in [-0.2, -0.15) is 0 Å². The first kappa shape index (κ1) is 21.8. The van der Waals surface area contributed by atoms with Crippen molar-refractivity contribution in [3.8, 4) is 5.75 Å². The molecule has 2 unspecified atom stereocenters. The monoisotopic (exact) mass is 503 g/mol.